The van der Waals surface area contributed by atoms with Gasteiger partial charge >= 0.3 is 0 Å². The number of nitrogens with two attached hydrogens (primary N) is 1. The summed E-state index contributed by atoms with van der Waals surface area (Å²) in [5.41, 5.74) is 7.37. The molecule has 16 heavy (non-hydrogen) atoms. The highest BCUT2D eigenvalue weighted by atomic mass is 16.1. The van der Waals surface area contributed by atoms with Gasteiger partial charge in [-0.05, 0) is 13.8 Å². The normalized spacial score (nSPS) is 10.3. The summed E-state index contributed by atoms with van der Waals surface area (Å²) in [4.78, 5) is 15.4. The lowest BCUT2D eigenvalue weighted by Gasteiger charge is -1.99. The molecule has 0 saturated heterocycles. The molecule has 0 aliphatic carbocycles. The lowest BCUT2D eigenvalue weighted by Crippen LogP contribution is -2.04. The number of fused-ring (bicyclic) bond motifs is 1. The van der Waals surface area contributed by atoms with Crippen molar-refractivity contribution >= 4 is 17.2 Å². The summed E-state index contributed by atoms with van der Waals surface area (Å²) >= 11 is 0. The quantitative estimate of drug-likeness (QED) is 0.706. The van der Waals surface area contributed by atoms with Crippen LogP contribution in [0.15, 0.2) is 6.20 Å². The SMILES string of the molecule is CC(=O)c1c(C)nn2c(N)c(C#N)cnc12. The number of nitrogens with zero attached hydrogens (tertiary/aromatic N) is 4. The maximum atomic E-state index is 11.4. The fourth-order valence-electron chi connectivity index (χ4n) is 1.61. The van der Waals surface area contributed by atoms with E-state index in [1.807, 2.05) is 6.07 Å². The third kappa shape index (κ3) is 1.22. The van der Waals surface area contributed by atoms with Crippen LogP contribution in [-0.4, -0.2) is 20.4 Å². The topological polar surface area (TPSA) is 97.1 Å². The lowest BCUT2D eigenvalue weighted by atomic mass is 10.2. The molecule has 6 heteroatoms. The molecule has 0 saturated carbocycles. The van der Waals surface area contributed by atoms with Gasteiger partial charge in [-0.1, -0.05) is 0 Å². The minimum Gasteiger partial charge on any atom is -0.382 e. The molecule has 0 radical (unpaired) electrons. The van der Waals surface area contributed by atoms with Gasteiger partial charge in [-0.15, -0.1) is 0 Å². The molecule has 0 amide bonds. The average Bonchev–Trinajstić information content (AvgIpc) is 2.56. The van der Waals surface area contributed by atoms with Crippen LogP contribution in [0.3, 0.4) is 0 Å². The molecule has 2 N–H and O–H groups in total. The van der Waals surface area contributed by atoms with Crippen LogP contribution in [0.5, 0.6) is 0 Å². The smallest absolute Gasteiger partial charge is 0.168 e. The third-order valence-electron chi connectivity index (χ3n) is 2.33. The second-order valence-electron chi connectivity index (χ2n) is 3.42. The molecule has 0 atom stereocenters. The van der Waals surface area contributed by atoms with Crippen LogP contribution in [0.4, 0.5) is 5.82 Å². The molecule has 2 aromatic heterocycles. The first kappa shape index (κ1) is 10.1. The average molecular weight is 215 g/mol. The number of rotatable bonds is 1. The van der Waals surface area contributed by atoms with Gasteiger partial charge in [-0.25, -0.2) is 4.98 Å². The first-order valence-electron chi connectivity index (χ1n) is 4.61. The number of Topliss-reactive ketones (excluding diaryl/α,β-unsaturated/α-hetero) is 1. The summed E-state index contributed by atoms with van der Waals surface area (Å²) in [5, 5.41) is 12.9. The van der Waals surface area contributed by atoms with Crippen molar-refractivity contribution < 1.29 is 4.79 Å². The van der Waals surface area contributed by atoms with Crippen LogP contribution < -0.4 is 5.73 Å². The first-order chi connectivity index (χ1) is 7.56. The minimum absolute atomic E-state index is 0.121. The van der Waals surface area contributed by atoms with Gasteiger partial charge in [0.1, 0.15) is 17.5 Å². The van der Waals surface area contributed by atoms with E-state index in [0.29, 0.717) is 16.9 Å². The predicted molar refractivity (Wildman–Crippen MR) is 56.9 cm³/mol. The Hall–Kier alpha value is -2.42. The summed E-state index contributed by atoms with van der Waals surface area (Å²) in [6, 6.07) is 1.91. The van der Waals surface area contributed by atoms with Gasteiger partial charge in [0.15, 0.2) is 11.4 Å². The Morgan fingerprint density at radius 1 is 1.62 bits per heavy atom. The molecule has 2 aromatic rings. The Bertz CT molecular complexity index is 635. The van der Waals surface area contributed by atoms with Crippen molar-refractivity contribution in [2.24, 2.45) is 0 Å². The number of carbonyl (C=O) groups is 1. The van der Waals surface area contributed by atoms with E-state index in [0.717, 1.165) is 0 Å². The van der Waals surface area contributed by atoms with Crippen molar-refractivity contribution in [2.45, 2.75) is 13.8 Å². The highest BCUT2D eigenvalue weighted by Gasteiger charge is 2.17. The molecular weight excluding hydrogens is 206 g/mol. The summed E-state index contributed by atoms with van der Waals surface area (Å²) in [5.74, 6) is 0.0761. The van der Waals surface area contributed by atoms with E-state index in [4.69, 9.17) is 11.0 Å². The maximum absolute atomic E-state index is 11.4. The number of anilines is 1. The zero-order chi connectivity index (χ0) is 11.9. The summed E-state index contributed by atoms with van der Waals surface area (Å²) in [6.07, 6.45) is 1.35. The maximum Gasteiger partial charge on any atom is 0.168 e. The fraction of sp³-hybridized carbons (Fsp3) is 0.200. The highest BCUT2D eigenvalue weighted by molar-refractivity contribution is 6.01. The van der Waals surface area contributed by atoms with E-state index in [1.54, 1.807) is 6.92 Å². The van der Waals surface area contributed by atoms with E-state index in [1.165, 1.54) is 17.6 Å². The van der Waals surface area contributed by atoms with Gasteiger partial charge in [0.25, 0.3) is 0 Å². The monoisotopic (exact) mass is 215 g/mol. The number of nitriles is 1. The number of aryl methyl sites for hydroxylation is 1. The van der Waals surface area contributed by atoms with Gasteiger partial charge in [-0.2, -0.15) is 14.9 Å². The molecule has 80 valence electrons. The second kappa shape index (κ2) is 3.31. The lowest BCUT2D eigenvalue weighted by molar-refractivity contribution is 0.101. The first-order valence-corrected chi connectivity index (χ1v) is 4.61. The molecule has 2 rings (SSSR count). The van der Waals surface area contributed by atoms with Crippen LogP contribution >= 0.6 is 0 Å². The molecule has 0 bridgehead atoms. The number of carbonyl (C=O) groups excluding carboxylic acids is 1. The van der Waals surface area contributed by atoms with Gasteiger partial charge in [0, 0.05) is 0 Å². The molecule has 0 aliphatic rings. The zero-order valence-corrected chi connectivity index (χ0v) is 8.85. The van der Waals surface area contributed by atoms with Crippen LogP contribution in [0, 0.1) is 18.3 Å². The molecule has 0 aromatic carbocycles. The Labute approximate surface area is 91.3 Å². The van der Waals surface area contributed by atoms with Crippen molar-refractivity contribution in [2.75, 3.05) is 5.73 Å². The van der Waals surface area contributed by atoms with Gasteiger partial charge in [0.05, 0.1) is 17.5 Å². The number of aromatic nitrogens is 3. The van der Waals surface area contributed by atoms with E-state index in [9.17, 15) is 4.79 Å². The van der Waals surface area contributed by atoms with Gasteiger partial charge in [-0.3, -0.25) is 4.79 Å². The number of hydrogen-bond donors (Lipinski definition) is 1. The molecule has 0 aliphatic heterocycles. The molecule has 0 fully saturated rings. The summed E-state index contributed by atoms with van der Waals surface area (Å²) in [7, 11) is 0. The van der Waals surface area contributed by atoms with Gasteiger partial charge < -0.3 is 5.73 Å². The van der Waals surface area contributed by atoms with Crippen LogP contribution in [0.1, 0.15) is 28.5 Å². The third-order valence-corrected chi connectivity index (χ3v) is 2.33. The summed E-state index contributed by atoms with van der Waals surface area (Å²) in [6.45, 7) is 3.15. The summed E-state index contributed by atoms with van der Waals surface area (Å²) < 4.78 is 1.32. The standard InChI is InChI=1S/C10H9N5O/c1-5-8(6(2)16)10-13-4-7(3-11)9(12)15(10)14-5/h4H,12H2,1-2H3. The van der Waals surface area contributed by atoms with Crippen LogP contribution in [0.25, 0.3) is 5.65 Å². The second-order valence-corrected chi connectivity index (χ2v) is 3.42. The molecule has 0 spiro atoms. The Kier molecular flexibility index (Phi) is 2.09. The fourth-order valence-corrected chi connectivity index (χ4v) is 1.61. The number of nitrogen functional groups attached to an aromatic ring is 1. The van der Waals surface area contributed by atoms with E-state index in [-0.39, 0.29) is 17.2 Å². The van der Waals surface area contributed by atoms with Crippen molar-refractivity contribution in [1.29, 1.82) is 5.26 Å². The van der Waals surface area contributed by atoms with Crippen molar-refractivity contribution in [3.63, 3.8) is 0 Å². The van der Waals surface area contributed by atoms with Crippen molar-refractivity contribution in [3.05, 3.63) is 23.0 Å². The van der Waals surface area contributed by atoms with Gasteiger partial charge in [0.2, 0.25) is 0 Å². The van der Waals surface area contributed by atoms with Crippen molar-refractivity contribution in [1.82, 2.24) is 14.6 Å². The Morgan fingerprint density at radius 3 is 2.88 bits per heavy atom. The largest absolute Gasteiger partial charge is 0.382 e. The van der Waals surface area contributed by atoms with E-state index >= 15 is 0 Å². The molecule has 6 nitrogen and oxygen atoms in total. The van der Waals surface area contributed by atoms with E-state index in [2.05, 4.69) is 10.1 Å². The molecule has 0 unspecified atom stereocenters. The highest BCUT2D eigenvalue weighted by Crippen LogP contribution is 2.18. The van der Waals surface area contributed by atoms with Crippen LogP contribution in [0.2, 0.25) is 0 Å². The predicted octanol–water partition coefficient (Wildman–Crippen LogP) is 0.694. The van der Waals surface area contributed by atoms with E-state index < -0.39 is 0 Å². The Balaban J connectivity index is 2.91. The Morgan fingerprint density at radius 2 is 2.31 bits per heavy atom. The van der Waals surface area contributed by atoms with Crippen molar-refractivity contribution in [3.8, 4) is 6.07 Å². The number of ketones is 1. The number of hydrogen-bond acceptors (Lipinski definition) is 5. The van der Waals surface area contributed by atoms with Crippen LogP contribution in [-0.2, 0) is 0 Å². The molecule has 2 heterocycles. The minimum atomic E-state index is -0.121. The zero-order valence-electron chi connectivity index (χ0n) is 8.85. The molecular formula is C10H9N5O.